The molecule has 126 valence electrons. The molecule has 0 aliphatic heterocycles. The molecule has 0 atom stereocenters. The van der Waals surface area contributed by atoms with Crippen LogP contribution in [0.1, 0.15) is 57.8 Å². The summed E-state index contributed by atoms with van der Waals surface area (Å²) in [6, 6.07) is 0. The molecular formula is C14H29NO4S2. The molecule has 0 amide bonds. The molecule has 1 rings (SSSR count). The van der Waals surface area contributed by atoms with E-state index in [2.05, 4.69) is 5.32 Å². The third kappa shape index (κ3) is 12.4. The van der Waals surface area contributed by atoms with E-state index >= 15 is 0 Å². The molecule has 0 spiro atoms. The van der Waals surface area contributed by atoms with Crippen LogP contribution in [0.25, 0.3) is 0 Å². The van der Waals surface area contributed by atoms with Gasteiger partial charge in [-0.25, -0.2) is 0 Å². The third-order valence-corrected chi connectivity index (χ3v) is 5.73. The number of nitrogens with one attached hydrogen (secondary N) is 1. The van der Waals surface area contributed by atoms with Gasteiger partial charge < -0.3 is 10.1 Å². The first-order chi connectivity index (χ1) is 10.1. The van der Waals surface area contributed by atoms with Gasteiger partial charge in [0, 0.05) is 18.9 Å². The second-order valence-electron chi connectivity index (χ2n) is 5.54. The van der Waals surface area contributed by atoms with Crippen molar-refractivity contribution >= 4 is 19.9 Å². The Balaban J connectivity index is 1.82. The Hall–Kier alpha value is 0.180. The van der Waals surface area contributed by atoms with E-state index in [0.29, 0.717) is 29.2 Å². The molecule has 2 N–H and O–H groups in total. The molecule has 1 aliphatic rings. The summed E-state index contributed by atoms with van der Waals surface area (Å²) in [5.41, 5.74) is 0. The van der Waals surface area contributed by atoms with Crippen LogP contribution in [-0.2, 0) is 13.9 Å². The van der Waals surface area contributed by atoms with Crippen LogP contribution in [0.5, 0.6) is 0 Å². The molecule has 1 aliphatic carbocycles. The van der Waals surface area contributed by atoms with Crippen molar-refractivity contribution in [2.24, 2.45) is 0 Å². The van der Waals surface area contributed by atoms with Crippen LogP contribution in [0.2, 0.25) is 0 Å². The van der Waals surface area contributed by atoms with Gasteiger partial charge in [0.1, 0.15) is 0 Å². The van der Waals surface area contributed by atoms with Crippen LogP contribution in [0.4, 0.5) is 0 Å². The summed E-state index contributed by atoms with van der Waals surface area (Å²) in [6.45, 7) is 2.35. The summed E-state index contributed by atoms with van der Waals surface area (Å²) in [7, 11) is -3.31. The van der Waals surface area contributed by atoms with Gasteiger partial charge in [0.25, 0.3) is 0 Å². The molecule has 0 aromatic heterocycles. The molecule has 0 unspecified atom stereocenters. The highest BCUT2D eigenvalue weighted by Crippen LogP contribution is 2.20. The Kier molecular flexibility index (Phi) is 10.7. The van der Waals surface area contributed by atoms with E-state index in [-0.39, 0.29) is 0 Å². The van der Waals surface area contributed by atoms with Crippen LogP contribution in [0.3, 0.4) is 0 Å². The summed E-state index contributed by atoms with van der Waals surface area (Å²) < 4.78 is 35.4. The maximum atomic E-state index is 10.5. The fraction of sp³-hybridized carbons (Fsp3) is 1.00. The summed E-state index contributed by atoms with van der Waals surface area (Å²) >= 11 is 0. The molecule has 1 fully saturated rings. The molecule has 21 heavy (non-hydrogen) atoms. The fourth-order valence-electron chi connectivity index (χ4n) is 2.53. The maximum absolute atomic E-state index is 10.5. The molecule has 0 aromatic carbocycles. The first kappa shape index (κ1) is 19.2. The van der Waals surface area contributed by atoms with E-state index < -0.39 is 9.15 Å². The first-order valence-electron chi connectivity index (χ1n) is 8.02. The quantitative estimate of drug-likeness (QED) is 0.261. The van der Waals surface area contributed by atoms with E-state index in [1.165, 1.54) is 38.5 Å². The molecule has 0 bridgehead atoms. The van der Waals surface area contributed by atoms with Gasteiger partial charge in [-0.15, -0.1) is 0 Å². The monoisotopic (exact) mass is 339 g/mol. The zero-order chi connectivity index (χ0) is 15.4. The summed E-state index contributed by atoms with van der Waals surface area (Å²) in [4.78, 5) is 0. The third-order valence-electron chi connectivity index (χ3n) is 3.66. The molecule has 0 saturated heterocycles. The average Bonchev–Trinajstić information content (AvgIpc) is 2.68. The normalized spacial score (nSPS) is 17.8. The molecule has 0 heterocycles. The fourth-order valence-corrected chi connectivity index (χ4v) is 3.85. The summed E-state index contributed by atoms with van der Waals surface area (Å²) in [5, 5.41) is 3.17. The molecule has 1 saturated carbocycles. The van der Waals surface area contributed by atoms with Gasteiger partial charge in [-0.05, 0) is 49.4 Å². The molecule has 0 radical (unpaired) electrons. The predicted octanol–water partition coefficient (Wildman–Crippen LogP) is 3.02. The van der Waals surface area contributed by atoms with E-state index in [1.54, 1.807) is 0 Å². The van der Waals surface area contributed by atoms with Crippen molar-refractivity contribution in [3.8, 4) is 0 Å². The number of unbranched alkanes of at least 4 members (excludes halogenated alkanes) is 2. The zero-order valence-electron chi connectivity index (χ0n) is 12.8. The lowest BCUT2D eigenvalue weighted by Gasteiger charge is -2.15. The largest absolute Gasteiger partial charge is 0.378 e. The smallest absolute Gasteiger partial charge is 0.319 e. The summed E-state index contributed by atoms with van der Waals surface area (Å²) in [5.74, 6) is 0.379. The van der Waals surface area contributed by atoms with E-state index in [1.807, 2.05) is 0 Å². The van der Waals surface area contributed by atoms with Crippen molar-refractivity contribution in [2.45, 2.75) is 63.9 Å². The van der Waals surface area contributed by atoms with Gasteiger partial charge in [-0.2, -0.15) is 8.42 Å². The lowest BCUT2D eigenvalue weighted by atomic mass is 10.1. The molecule has 0 aromatic rings. The van der Waals surface area contributed by atoms with Crippen molar-refractivity contribution in [3.05, 3.63) is 0 Å². The van der Waals surface area contributed by atoms with Crippen LogP contribution in [0, 0.1) is 0 Å². The van der Waals surface area contributed by atoms with Gasteiger partial charge in [0.05, 0.1) is 6.10 Å². The van der Waals surface area contributed by atoms with Gasteiger partial charge in [0.2, 0.25) is 0 Å². The van der Waals surface area contributed by atoms with Crippen molar-refractivity contribution in [2.75, 3.05) is 25.4 Å². The van der Waals surface area contributed by atoms with Crippen molar-refractivity contribution in [1.29, 1.82) is 0 Å². The number of hydrogen-bond donors (Lipinski definition) is 2. The van der Waals surface area contributed by atoms with Gasteiger partial charge in [0.15, 0.2) is 0 Å². The first-order valence-corrected chi connectivity index (χ1v) is 11.0. The average molecular weight is 340 g/mol. The Morgan fingerprint density at radius 2 is 1.76 bits per heavy atom. The lowest BCUT2D eigenvalue weighted by Crippen LogP contribution is -2.19. The Labute approximate surface area is 132 Å². The Morgan fingerprint density at radius 3 is 2.43 bits per heavy atom. The van der Waals surface area contributed by atoms with Crippen molar-refractivity contribution in [1.82, 2.24) is 5.32 Å². The molecule has 5 nitrogen and oxygen atoms in total. The topological polar surface area (TPSA) is 75.6 Å². The minimum Gasteiger partial charge on any atom is -0.378 e. The van der Waals surface area contributed by atoms with Crippen LogP contribution < -0.4 is 5.32 Å². The van der Waals surface area contributed by atoms with E-state index in [4.69, 9.17) is 9.29 Å². The van der Waals surface area contributed by atoms with E-state index in [0.717, 1.165) is 32.4 Å². The Bertz CT molecular complexity index is 341. The SMILES string of the molecule is O=S(=O)(O)SCCNCCCCCOC1CCCCCC1. The molecular weight excluding hydrogens is 310 g/mol. The summed E-state index contributed by atoms with van der Waals surface area (Å²) in [6.07, 6.45) is 11.6. The number of hydrogen-bond acceptors (Lipinski definition) is 5. The van der Waals surface area contributed by atoms with Crippen LogP contribution >= 0.6 is 10.8 Å². The Morgan fingerprint density at radius 1 is 1.05 bits per heavy atom. The van der Waals surface area contributed by atoms with Gasteiger partial charge in [-0.1, -0.05) is 25.7 Å². The van der Waals surface area contributed by atoms with Gasteiger partial charge in [-0.3, -0.25) is 4.55 Å². The second kappa shape index (κ2) is 11.7. The highest BCUT2D eigenvalue weighted by molar-refractivity contribution is 8.69. The maximum Gasteiger partial charge on any atom is 0.319 e. The van der Waals surface area contributed by atoms with E-state index in [9.17, 15) is 8.42 Å². The lowest BCUT2D eigenvalue weighted by molar-refractivity contribution is 0.0408. The molecule has 7 heteroatoms. The second-order valence-corrected chi connectivity index (χ2v) is 9.01. The van der Waals surface area contributed by atoms with Crippen molar-refractivity contribution < 1.29 is 17.7 Å². The minimum absolute atomic E-state index is 0.379. The standard InChI is InChI=1S/C14H29NO4S2/c16-21(17,18)20-13-11-15-10-6-3-7-12-19-14-8-4-1-2-5-9-14/h14-15H,1-13H2,(H,16,17,18). The number of ether oxygens (including phenoxy) is 1. The van der Waals surface area contributed by atoms with Crippen LogP contribution in [0.15, 0.2) is 0 Å². The minimum atomic E-state index is -3.88. The highest BCUT2D eigenvalue weighted by atomic mass is 33.1. The highest BCUT2D eigenvalue weighted by Gasteiger charge is 2.11. The van der Waals surface area contributed by atoms with Crippen molar-refractivity contribution in [3.63, 3.8) is 0 Å². The number of rotatable bonds is 11. The van der Waals surface area contributed by atoms with Crippen LogP contribution in [-0.4, -0.2) is 44.5 Å². The van der Waals surface area contributed by atoms with Gasteiger partial charge >= 0.3 is 9.15 Å². The zero-order valence-corrected chi connectivity index (χ0v) is 14.4. The predicted molar refractivity (Wildman–Crippen MR) is 88.2 cm³/mol.